The van der Waals surface area contributed by atoms with Crippen LogP contribution in [0.5, 0.6) is 0 Å². The summed E-state index contributed by atoms with van der Waals surface area (Å²) in [4.78, 5) is 183. The fourth-order valence-electron chi connectivity index (χ4n) is 10.1. The number of ether oxygens (including phenoxy) is 1. The van der Waals surface area contributed by atoms with E-state index in [9.17, 15) is 62.3 Å². The number of amides is 13. The van der Waals surface area contributed by atoms with Crippen molar-refractivity contribution in [1.82, 2.24) is 57.7 Å². The van der Waals surface area contributed by atoms with Gasteiger partial charge in [0.15, 0.2) is 0 Å². The van der Waals surface area contributed by atoms with Gasteiger partial charge in [0.1, 0.15) is 53.9 Å². The van der Waals surface area contributed by atoms with E-state index in [4.69, 9.17) is 45.1 Å². The average molecular weight is 1420 g/mol. The lowest BCUT2D eigenvalue weighted by Gasteiger charge is -2.31. The second kappa shape index (κ2) is 41.8. The molecule has 0 saturated carbocycles. The number of nitrogens with zero attached hydrogens (tertiary/aromatic N) is 2. The summed E-state index contributed by atoms with van der Waals surface area (Å²) < 4.78 is 5.45. The molecular formula is C65H99Cl2N15O14S. The van der Waals surface area contributed by atoms with Crippen LogP contribution in [0.25, 0.3) is 10.9 Å². The van der Waals surface area contributed by atoms with Gasteiger partial charge in [-0.2, -0.15) is 11.8 Å². The number of anilines is 1. The Morgan fingerprint density at radius 2 is 1.19 bits per heavy atom. The molecule has 1 heterocycles. The van der Waals surface area contributed by atoms with Crippen molar-refractivity contribution in [3.8, 4) is 0 Å². The van der Waals surface area contributed by atoms with Crippen LogP contribution in [0.1, 0.15) is 118 Å². The smallest absolute Gasteiger partial charge is 0.417 e. The second-order valence-electron chi connectivity index (χ2n) is 25.1. The van der Waals surface area contributed by atoms with E-state index in [1.807, 2.05) is 25.0 Å². The molecular weight excluding hydrogens is 1320 g/mol. The molecule has 0 unspecified atom stereocenters. The number of H-pyrrole nitrogens is 1. The Hall–Kier alpha value is -8.22. The predicted molar refractivity (Wildman–Crippen MR) is 371 cm³/mol. The number of rotatable bonds is 42. The van der Waals surface area contributed by atoms with Gasteiger partial charge in [-0.05, 0) is 126 Å². The third kappa shape index (κ3) is 29.2. The first-order chi connectivity index (χ1) is 45.7. The SMILES string of the molecule is CSCC[C@H](NC(=O)[C@H](CC(C)C)NC(=O)CNC(=O)[C@@H](NC(=O)[C@H](C)NC(=O)[C@H](Cc1c[nH]c2ccccc12)NC(=O)[C@H](CCC(N)=O)NC(=O)[C@H](Cc1ccc(N(CCCl)CCCl)cc1)NC(=O)CNC(=O)[C@H](CCCCN)N(C(C)=O)C(=O)OC(C)(C)C)C(C)C)C(N)=O. The maximum atomic E-state index is 14.8. The maximum absolute atomic E-state index is 14.8. The third-order valence-electron chi connectivity index (χ3n) is 15.1. The molecule has 32 heteroatoms. The predicted octanol–water partition coefficient (Wildman–Crippen LogP) is 1.37. The molecule has 2 aromatic carbocycles. The van der Waals surface area contributed by atoms with Crippen molar-refractivity contribution >= 4 is 129 Å². The molecule has 0 fully saturated rings. The number of benzene rings is 2. The number of hydrogen-bond donors (Lipinski definition) is 13. The molecule has 3 rings (SSSR count). The standard InChI is InChI=1S/C65H99Cl2N15O14S/c1-37(2)31-48(60(91)77-46(56(70)87)24-30-97-10)75-54(86)36-73-63(94)55(38(3)4)80-57(88)39(5)74-59(90)50(33-42-34-71-45-16-12-11-15-44(42)45)79-58(89)47(22-23-52(69)84)78-61(92)49(32-41-18-20-43(21-19-41)81(28-25-66)29-26-67)76-53(85)35-72-62(93)51(17-13-14-27-68)82(40(6)83)64(95)96-65(7,8)9/h11-12,15-16,18-21,34,37-39,46-51,55,71H,13-14,17,22-33,35-36,68H2,1-10H3,(H2,69,84)(H2,70,87)(H,72,93)(H,73,94)(H,74,90)(H,75,86)(H,76,85)(H,77,91)(H,78,92)(H,79,89)(H,80,88)/t39-,46-,47-,48-,49-,50-,51-,55-/m0/s1. The first-order valence-electron chi connectivity index (χ1n) is 32.2. The van der Waals surface area contributed by atoms with E-state index in [1.165, 1.54) is 18.7 Å². The van der Waals surface area contributed by atoms with Crippen LogP contribution in [-0.2, 0) is 75.1 Å². The van der Waals surface area contributed by atoms with Crippen LogP contribution in [0.3, 0.4) is 0 Å². The summed E-state index contributed by atoms with van der Waals surface area (Å²) in [5, 5.41) is 24.0. The molecule has 97 heavy (non-hydrogen) atoms. The number of nitrogens with one attached hydrogen (secondary N) is 10. The number of carbonyl (C=O) groups is 13. The van der Waals surface area contributed by atoms with Gasteiger partial charge in [0.25, 0.3) is 0 Å². The minimum atomic E-state index is -1.63. The Morgan fingerprint density at radius 1 is 0.629 bits per heavy atom. The number of hydrogen-bond acceptors (Lipinski definition) is 17. The Kier molecular flexibility index (Phi) is 35.8. The lowest BCUT2D eigenvalue weighted by molar-refractivity contribution is -0.139. The number of unbranched alkanes of at least 4 members (excludes halogenated alkanes) is 1. The Bertz CT molecular complexity index is 3160. The van der Waals surface area contributed by atoms with Crippen LogP contribution in [-0.4, -0.2) is 197 Å². The first-order valence-corrected chi connectivity index (χ1v) is 34.7. The molecule has 3 aromatic rings. The van der Waals surface area contributed by atoms with Crippen LogP contribution >= 0.6 is 35.0 Å². The summed E-state index contributed by atoms with van der Waals surface area (Å²) in [7, 11) is 0. The number of aromatic nitrogens is 1. The highest BCUT2D eigenvalue weighted by atomic mass is 35.5. The van der Waals surface area contributed by atoms with Gasteiger partial charge in [-0.3, -0.25) is 57.5 Å². The molecule has 538 valence electrons. The molecule has 0 saturated heterocycles. The summed E-state index contributed by atoms with van der Waals surface area (Å²) in [6.45, 7) is 13.8. The monoisotopic (exact) mass is 1420 g/mol. The van der Waals surface area contributed by atoms with E-state index in [0.29, 0.717) is 70.4 Å². The summed E-state index contributed by atoms with van der Waals surface area (Å²) in [6.07, 6.45) is 2.20. The van der Waals surface area contributed by atoms with Crippen molar-refractivity contribution < 1.29 is 67.1 Å². The molecule has 0 radical (unpaired) electrons. The van der Waals surface area contributed by atoms with Crippen LogP contribution in [0, 0.1) is 11.8 Å². The summed E-state index contributed by atoms with van der Waals surface area (Å²) in [5.74, 6) is -9.63. The van der Waals surface area contributed by atoms with E-state index >= 15 is 0 Å². The quantitative estimate of drug-likeness (QED) is 0.0281. The average Bonchev–Trinajstić information content (AvgIpc) is 1.78. The molecule has 16 N–H and O–H groups in total. The largest absolute Gasteiger partial charge is 0.443 e. The molecule has 0 bridgehead atoms. The number of aromatic amines is 1. The highest BCUT2D eigenvalue weighted by Gasteiger charge is 2.38. The molecule has 0 aliphatic heterocycles. The van der Waals surface area contributed by atoms with Gasteiger partial charge in [-0.25, -0.2) is 9.69 Å². The van der Waals surface area contributed by atoms with Crippen LogP contribution in [0.4, 0.5) is 10.5 Å². The fourth-order valence-corrected chi connectivity index (χ4v) is 11.0. The van der Waals surface area contributed by atoms with Crippen LogP contribution in [0.2, 0.25) is 0 Å². The molecule has 0 aliphatic carbocycles. The van der Waals surface area contributed by atoms with Crippen molar-refractivity contribution in [2.75, 3.05) is 61.4 Å². The summed E-state index contributed by atoms with van der Waals surface area (Å²) in [6, 6.07) is 3.18. The minimum Gasteiger partial charge on any atom is -0.443 e. The van der Waals surface area contributed by atoms with Gasteiger partial charge in [-0.15, -0.1) is 23.2 Å². The molecule has 13 amide bonds. The van der Waals surface area contributed by atoms with E-state index in [1.54, 1.807) is 89.3 Å². The first kappa shape index (κ1) is 83.0. The number of nitrogens with two attached hydrogens (primary N) is 3. The van der Waals surface area contributed by atoms with E-state index < -0.39 is 163 Å². The van der Waals surface area contributed by atoms with Crippen molar-refractivity contribution in [3.63, 3.8) is 0 Å². The zero-order valence-corrected chi connectivity index (χ0v) is 59.3. The lowest BCUT2D eigenvalue weighted by atomic mass is 10.0. The van der Waals surface area contributed by atoms with E-state index in [2.05, 4.69) is 52.8 Å². The van der Waals surface area contributed by atoms with E-state index in [0.717, 1.165) is 12.6 Å². The van der Waals surface area contributed by atoms with Crippen LogP contribution in [0.15, 0.2) is 54.7 Å². The number of para-hydroxylation sites is 1. The fraction of sp³-hybridized carbons (Fsp3) is 0.585. The molecule has 8 atom stereocenters. The highest BCUT2D eigenvalue weighted by Crippen LogP contribution is 2.22. The number of fused-ring (bicyclic) bond motifs is 1. The van der Waals surface area contributed by atoms with Gasteiger partial charge in [0.05, 0.1) is 13.1 Å². The molecule has 0 aliphatic rings. The molecule has 1 aromatic heterocycles. The maximum Gasteiger partial charge on any atom is 0.417 e. The van der Waals surface area contributed by atoms with Crippen molar-refractivity contribution in [3.05, 3.63) is 65.9 Å². The van der Waals surface area contributed by atoms with Gasteiger partial charge in [0.2, 0.25) is 70.9 Å². The normalized spacial score (nSPS) is 13.8. The molecule has 29 nitrogen and oxygen atoms in total. The van der Waals surface area contributed by atoms with Gasteiger partial charge in [0, 0.05) is 73.8 Å². The zero-order valence-electron chi connectivity index (χ0n) is 57.0. The summed E-state index contributed by atoms with van der Waals surface area (Å²) in [5.41, 5.74) is 18.3. The molecule has 0 spiro atoms. The summed E-state index contributed by atoms with van der Waals surface area (Å²) >= 11 is 13.6. The zero-order chi connectivity index (χ0) is 72.7. The van der Waals surface area contributed by atoms with Crippen molar-refractivity contribution in [2.45, 2.75) is 174 Å². The number of primary amides is 2. The van der Waals surface area contributed by atoms with E-state index in [-0.39, 0.29) is 44.6 Å². The Morgan fingerprint density at radius 3 is 1.74 bits per heavy atom. The number of carbonyl (C=O) groups excluding carboxylic acids is 13. The van der Waals surface area contributed by atoms with Crippen molar-refractivity contribution in [1.29, 1.82) is 0 Å². The lowest BCUT2D eigenvalue weighted by Crippen LogP contribution is -2.60. The van der Waals surface area contributed by atoms with Crippen molar-refractivity contribution in [2.24, 2.45) is 29.0 Å². The second-order valence-corrected chi connectivity index (χ2v) is 26.8. The number of thioether (sulfide) groups is 1. The van der Waals surface area contributed by atoms with Crippen LogP contribution < -0.4 is 70.0 Å². The number of halogens is 2. The van der Waals surface area contributed by atoms with Gasteiger partial charge >= 0.3 is 6.09 Å². The topological polar surface area (TPSA) is 440 Å². The number of alkyl halides is 2. The van der Waals surface area contributed by atoms with Gasteiger partial charge < -0.3 is 79.7 Å². The minimum absolute atomic E-state index is 0.0390. The van der Waals surface area contributed by atoms with Gasteiger partial charge in [-0.1, -0.05) is 58.0 Å². The third-order valence-corrected chi connectivity index (χ3v) is 16.1. The number of imide groups is 1. The Balaban J connectivity index is 1.97. The highest BCUT2D eigenvalue weighted by molar-refractivity contribution is 7.98. The Labute approximate surface area is 580 Å².